The first-order chi connectivity index (χ1) is 13.4. The normalized spacial score (nSPS) is 11.1. The van der Waals surface area contributed by atoms with Gasteiger partial charge < -0.3 is 9.84 Å². The van der Waals surface area contributed by atoms with Crippen molar-refractivity contribution in [2.75, 3.05) is 0 Å². The fourth-order valence-corrected chi connectivity index (χ4v) is 3.59. The predicted octanol–water partition coefficient (Wildman–Crippen LogP) is 2.49. The Labute approximate surface area is 217 Å². The number of hydrogen-bond acceptors (Lipinski definition) is 4. The van der Waals surface area contributed by atoms with Crippen LogP contribution in [0.25, 0.3) is 0 Å². The number of aryl methyl sites for hydroxylation is 1. The molecule has 154 valence electrons. The van der Waals surface area contributed by atoms with E-state index in [-0.39, 0.29) is 73.5 Å². The Kier molecular flexibility index (Phi) is 12.7. The minimum absolute atomic E-state index is 0. The molecule has 0 radical (unpaired) electrons. The summed E-state index contributed by atoms with van der Waals surface area (Å²) in [5.41, 5.74) is 1.02. The topological polar surface area (TPSA) is 86.7 Å². The molecule has 0 atom stereocenters. The average molecular weight is 445 g/mol. The summed E-state index contributed by atoms with van der Waals surface area (Å²) >= 11 is 0. The van der Waals surface area contributed by atoms with Gasteiger partial charge in [0.25, 0.3) is 10.1 Å². The molecule has 0 heterocycles. The van der Waals surface area contributed by atoms with Gasteiger partial charge in [-0.1, -0.05) is 75.8 Å². The first-order valence-electron chi connectivity index (χ1n) is 9.95. The van der Waals surface area contributed by atoms with Crippen LogP contribution in [0.2, 0.25) is 0 Å². The van der Waals surface area contributed by atoms with Crippen molar-refractivity contribution in [3.63, 3.8) is 0 Å². The van der Waals surface area contributed by atoms with E-state index in [1.165, 1.54) is 62.8 Å². The monoisotopic (exact) mass is 444 g/mol. The smallest absolute Gasteiger partial charge is 0.870 e. The van der Waals surface area contributed by atoms with Crippen LogP contribution in [0.4, 0.5) is 0 Å². The molecule has 0 aromatic heterocycles. The van der Waals surface area contributed by atoms with Gasteiger partial charge in [0, 0.05) is 6.07 Å². The van der Waals surface area contributed by atoms with Gasteiger partial charge >= 0.3 is 51.4 Å². The molecule has 2 aromatic carbocycles. The Bertz CT molecular complexity index is 852. The fourth-order valence-electron chi connectivity index (χ4n) is 3.08. The molecule has 0 aliphatic carbocycles. The maximum absolute atomic E-state index is 12.1. The third-order valence-electron chi connectivity index (χ3n) is 4.66. The molecule has 0 aliphatic heterocycles. The SMILES string of the molecule is CCCCCCCCCCc1ccc([O-])c(Oc2cccc(S(=O)(=O)O)c2)c1.[K+]. The first kappa shape index (κ1) is 26.6. The standard InChI is InChI=1S/C22H30O5S.K/c1-2-3-4-5-6-7-8-9-11-18-14-15-21(23)22(16-18)27-19-12-10-13-20(17-19)28(24,25)26;/h10,12-17,23H,2-9,11H2,1H3,(H,24,25,26);/q;+1/p-1. The van der Waals surface area contributed by atoms with Gasteiger partial charge in [-0.15, -0.1) is 0 Å². The van der Waals surface area contributed by atoms with Crippen molar-refractivity contribution in [1.82, 2.24) is 0 Å². The maximum Gasteiger partial charge on any atom is 1.00 e. The largest absolute Gasteiger partial charge is 1.00 e. The number of ether oxygens (including phenoxy) is 1. The van der Waals surface area contributed by atoms with E-state index in [2.05, 4.69) is 6.92 Å². The van der Waals surface area contributed by atoms with Gasteiger partial charge in [-0.3, -0.25) is 4.55 Å². The fraction of sp³-hybridized carbons (Fsp3) is 0.455. The van der Waals surface area contributed by atoms with Crippen LogP contribution in [-0.4, -0.2) is 13.0 Å². The summed E-state index contributed by atoms with van der Waals surface area (Å²) in [4.78, 5) is -0.271. The summed E-state index contributed by atoms with van der Waals surface area (Å²) in [6.07, 6.45) is 10.8. The molecule has 0 fully saturated rings. The van der Waals surface area contributed by atoms with Crippen molar-refractivity contribution in [3.8, 4) is 17.2 Å². The van der Waals surface area contributed by atoms with E-state index < -0.39 is 10.1 Å². The second kappa shape index (κ2) is 13.8. The molecule has 0 saturated heterocycles. The van der Waals surface area contributed by atoms with Crippen molar-refractivity contribution >= 4 is 10.1 Å². The number of benzene rings is 2. The molecular weight excluding hydrogens is 415 g/mol. The molecule has 0 bridgehead atoms. The van der Waals surface area contributed by atoms with Crippen LogP contribution in [0.5, 0.6) is 17.2 Å². The van der Waals surface area contributed by atoms with Gasteiger partial charge in [0.15, 0.2) is 0 Å². The molecule has 0 aliphatic rings. The summed E-state index contributed by atoms with van der Waals surface area (Å²) in [5.74, 6) is 0.0814. The molecule has 0 amide bonds. The molecule has 0 spiro atoms. The minimum atomic E-state index is -4.32. The van der Waals surface area contributed by atoms with E-state index in [0.29, 0.717) is 0 Å². The van der Waals surface area contributed by atoms with Crippen molar-refractivity contribution in [1.29, 1.82) is 0 Å². The van der Waals surface area contributed by atoms with Crippen LogP contribution >= 0.6 is 0 Å². The van der Waals surface area contributed by atoms with Crippen molar-refractivity contribution in [2.24, 2.45) is 0 Å². The van der Waals surface area contributed by atoms with Crippen LogP contribution in [0.1, 0.15) is 63.9 Å². The molecular formula is C22H29KO5S. The molecule has 7 heteroatoms. The molecule has 2 aromatic rings. The molecule has 2 rings (SSSR count). The van der Waals surface area contributed by atoms with Crippen LogP contribution in [0.15, 0.2) is 47.4 Å². The van der Waals surface area contributed by atoms with Crippen LogP contribution in [0, 0.1) is 0 Å². The molecule has 0 unspecified atom stereocenters. The Hall–Kier alpha value is -0.414. The third kappa shape index (κ3) is 9.96. The Morgan fingerprint density at radius 3 is 2.24 bits per heavy atom. The zero-order chi connectivity index (χ0) is 20.4. The van der Waals surface area contributed by atoms with Gasteiger partial charge in [0.05, 0.1) is 4.90 Å². The van der Waals surface area contributed by atoms with Crippen molar-refractivity contribution in [2.45, 2.75) is 69.6 Å². The summed E-state index contributed by atoms with van der Waals surface area (Å²) in [6, 6.07) is 10.4. The first-order valence-corrected chi connectivity index (χ1v) is 11.4. The number of hydrogen-bond donors (Lipinski definition) is 1. The summed E-state index contributed by atoms with van der Waals surface area (Å²) < 4.78 is 37.2. The van der Waals surface area contributed by atoms with Crippen LogP contribution in [0.3, 0.4) is 0 Å². The van der Waals surface area contributed by atoms with E-state index in [4.69, 9.17) is 9.29 Å². The Balaban J connectivity index is 0.00000420. The zero-order valence-electron chi connectivity index (χ0n) is 17.4. The van der Waals surface area contributed by atoms with Crippen molar-refractivity contribution in [3.05, 3.63) is 48.0 Å². The van der Waals surface area contributed by atoms with Gasteiger partial charge in [-0.2, -0.15) is 8.42 Å². The zero-order valence-corrected chi connectivity index (χ0v) is 21.3. The van der Waals surface area contributed by atoms with Crippen LogP contribution < -0.4 is 61.2 Å². The van der Waals surface area contributed by atoms with E-state index in [1.807, 2.05) is 6.07 Å². The molecule has 1 N–H and O–H groups in total. The van der Waals surface area contributed by atoms with Gasteiger partial charge in [0.2, 0.25) is 0 Å². The van der Waals surface area contributed by atoms with E-state index >= 15 is 0 Å². The summed E-state index contributed by atoms with van der Waals surface area (Å²) in [7, 11) is -4.32. The van der Waals surface area contributed by atoms with E-state index in [9.17, 15) is 13.5 Å². The maximum atomic E-state index is 12.1. The molecule has 5 nitrogen and oxygen atoms in total. The molecule has 0 saturated carbocycles. The second-order valence-corrected chi connectivity index (χ2v) is 8.48. The summed E-state index contributed by atoms with van der Waals surface area (Å²) in [6.45, 7) is 2.22. The van der Waals surface area contributed by atoms with Crippen LogP contribution in [-0.2, 0) is 16.5 Å². The minimum Gasteiger partial charge on any atom is -0.870 e. The Morgan fingerprint density at radius 2 is 1.59 bits per heavy atom. The summed E-state index contributed by atoms with van der Waals surface area (Å²) in [5, 5.41) is 12.1. The van der Waals surface area contributed by atoms with Gasteiger partial charge in [0.1, 0.15) is 11.5 Å². The average Bonchev–Trinajstić information content (AvgIpc) is 2.66. The second-order valence-electron chi connectivity index (χ2n) is 7.06. The van der Waals surface area contributed by atoms with E-state index in [0.717, 1.165) is 24.8 Å². The number of unbranched alkanes of at least 4 members (excludes halogenated alkanes) is 7. The number of rotatable bonds is 12. The van der Waals surface area contributed by atoms with Gasteiger partial charge in [-0.05, 0) is 36.6 Å². The van der Waals surface area contributed by atoms with E-state index in [1.54, 1.807) is 12.1 Å². The predicted molar refractivity (Wildman–Crippen MR) is 109 cm³/mol. The Morgan fingerprint density at radius 1 is 0.931 bits per heavy atom. The van der Waals surface area contributed by atoms with Crippen molar-refractivity contribution < 1.29 is 74.2 Å². The van der Waals surface area contributed by atoms with Gasteiger partial charge in [-0.25, -0.2) is 0 Å². The third-order valence-corrected chi connectivity index (χ3v) is 5.51. The molecule has 29 heavy (non-hydrogen) atoms. The quantitative estimate of drug-likeness (QED) is 0.309.